The molecule has 30 heavy (non-hydrogen) atoms. The van der Waals surface area contributed by atoms with Crippen molar-refractivity contribution in [3.8, 4) is 5.69 Å². The Bertz CT molecular complexity index is 1150. The third kappa shape index (κ3) is 4.82. The highest BCUT2D eigenvalue weighted by Crippen LogP contribution is 2.18. The van der Waals surface area contributed by atoms with Crippen molar-refractivity contribution in [1.82, 2.24) is 14.9 Å². The fourth-order valence-corrected chi connectivity index (χ4v) is 3.09. The van der Waals surface area contributed by atoms with Gasteiger partial charge in [-0.1, -0.05) is 12.1 Å². The molecule has 0 saturated carbocycles. The average Bonchev–Trinajstić information content (AvgIpc) is 2.60. The summed E-state index contributed by atoms with van der Waals surface area (Å²) in [5, 5.41) is 2.94. The second-order valence-electron chi connectivity index (χ2n) is 7.95. The van der Waals surface area contributed by atoms with E-state index in [9.17, 15) is 18.4 Å². The van der Waals surface area contributed by atoms with Crippen LogP contribution < -0.4 is 10.9 Å². The van der Waals surface area contributed by atoms with Crippen molar-refractivity contribution in [2.75, 3.05) is 6.54 Å². The molecule has 0 aliphatic carbocycles. The second kappa shape index (κ2) is 8.22. The number of alkyl carbamates (subject to hydrolysis) is 1. The number of aromatic nitrogens is 2. The fourth-order valence-electron chi connectivity index (χ4n) is 3.09. The predicted octanol–water partition coefficient (Wildman–Crippen LogP) is 4.04. The molecule has 158 valence electrons. The first-order valence-corrected chi connectivity index (χ1v) is 9.50. The molecule has 6 nitrogen and oxygen atoms in total. The minimum Gasteiger partial charge on any atom is -0.444 e. The summed E-state index contributed by atoms with van der Waals surface area (Å²) in [6.45, 7) is 7.18. The molecule has 1 heterocycles. The number of aryl methyl sites for hydroxylation is 1. The average molecular weight is 415 g/mol. The Labute approximate surface area is 172 Å². The molecule has 0 unspecified atom stereocenters. The third-order valence-electron chi connectivity index (χ3n) is 4.29. The lowest BCUT2D eigenvalue weighted by molar-refractivity contribution is 0.0528. The molecule has 3 aromatic rings. The van der Waals surface area contributed by atoms with Crippen molar-refractivity contribution in [2.24, 2.45) is 0 Å². The van der Waals surface area contributed by atoms with E-state index in [1.54, 1.807) is 32.9 Å². The van der Waals surface area contributed by atoms with Crippen molar-refractivity contribution in [3.63, 3.8) is 0 Å². The normalized spacial score (nSPS) is 11.5. The number of nitrogens with zero attached hydrogens (tertiary/aromatic N) is 2. The van der Waals surface area contributed by atoms with Gasteiger partial charge in [-0.3, -0.25) is 9.36 Å². The summed E-state index contributed by atoms with van der Waals surface area (Å²) in [7, 11) is 0. The lowest BCUT2D eigenvalue weighted by Gasteiger charge is -2.20. The van der Waals surface area contributed by atoms with Crippen molar-refractivity contribution in [1.29, 1.82) is 0 Å². The molecule has 8 heteroatoms. The number of hydrogen-bond donors (Lipinski definition) is 1. The Hall–Kier alpha value is -3.29. The molecule has 1 N–H and O–H groups in total. The van der Waals surface area contributed by atoms with Crippen molar-refractivity contribution >= 4 is 17.0 Å². The number of fused-ring (bicyclic) bond motifs is 1. The monoisotopic (exact) mass is 415 g/mol. The number of hydrogen-bond acceptors (Lipinski definition) is 4. The predicted molar refractivity (Wildman–Crippen MR) is 110 cm³/mol. The topological polar surface area (TPSA) is 73.2 Å². The van der Waals surface area contributed by atoms with Crippen molar-refractivity contribution in [2.45, 2.75) is 39.7 Å². The molecular weight excluding hydrogens is 392 g/mol. The molecule has 1 amide bonds. The molecule has 0 aliphatic rings. The summed E-state index contributed by atoms with van der Waals surface area (Å²) in [6, 6.07) is 8.03. The van der Waals surface area contributed by atoms with E-state index in [0.29, 0.717) is 10.9 Å². The molecule has 0 bridgehead atoms. The molecule has 0 saturated heterocycles. The Morgan fingerprint density at radius 1 is 1.17 bits per heavy atom. The molecule has 1 aromatic heterocycles. The largest absolute Gasteiger partial charge is 0.444 e. The Morgan fingerprint density at radius 3 is 2.47 bits per heavy atom. The van der Waals surface area contributed by atoms with Crippen LogP contribution in [0, 0.1) is 18.6 Å². The number of carbonyl (C=O) groups is 1. The van der Waals surface area contributed by atoms with Gasteiger partial charge in [-0.05, 0) is 51.5 Å². The van der Waals surface area contributed by atoms with Crippen LogP contribution in [-0.2, 0) is 11.2 Å². The van der Waals surface area contributed by atoms with Gasteiger partial charge in [0.15, 0.2) is 0 Å². The van der Waals surface area contributed by atoms with E-state index in [4.69, 9.17) is 4.74 Å². The van der Waals surface area contributed by atoms with Gasteiger partial charge < -0.3 is 10.1 Å². The van der Waals surface area contributed by atoms with E-state index in [-0.39, 0.29) is 24.5 Å². The zero-order valence-corrected chi connectivity index (χ0v) is 17.3. The zero-order chi connectivity index (χ0) is 22.1. The highest BCUT2D eigenvalue weighted by atomic mass is 19.1. The molecule has 3 rings (SSSR count). The third-order valence-corrected chi connectivity index (χ3v) is 4.29. The van der Waals surface area contributed by atoms with Crippen LogP contribution in [-0.4, -0.2) is 27.8 Å². The van der Waals surface area contributed by atoms with Crippen LogP contribution in [0.5, 0.6) is 0 Å². The van der Waals surface area contributed by atoms with Gasteiger partial charge in [0.05, 0.1) is 16.6 Å². The quantitative estimate of drug-likeness (QED) is 0.698. The summed E-state index contributed by atoms with van der Waals surface area (Å²) in [6.07, 6.45) is -0.457. The second-order valence-corrected chi connectivity index (χ2v) is 7.95. The van der Waals surface area contributed by atoms with Crippen LogP contribution in [0.25, 0.3) is 16.6 Å². The maximum atomic E-state index is 13.8. The van der Waals surface area contributed by atoms with Crippen LogP contribution in [0.1, 0.15) is 32.2 Å². The minimum atomic E-state index is -0.806. The van der Waals surface area contributed by atoms with Gasteiger partial charge >= 0.3 is 6.09 Å². The van der Waals surface area contributed by atoms with Gasteiger partial charge in [-0.15, -0.1) is 0 Å². The van der Waals surface area contributed by atoms with Gasteiger partial charge in [-0.2, -0.15) is 0 Å². The lowest BCUT2D eigenvalue weighted by Crippen LogP contribution is -2.34. The number of ether oxygens (including phenoxy) is 1. The SMILES string of the molecule is Cc1cccc2c(=O)n(-c3cc(F)cc(F)c3)c(CCNC(=O)OC(C)(C)C)nc12. The maximum absolute atomic E-state index is 13.8. The first-order valence-electron chi connectivity index (χ1n) is 9.50. The summed E-state index contributed by atoms with van der Waals surface area (Å²) < 4.78 is 34.0. The summed E-state index contributed by atoms with van der Waals surface area (Å²) in [5.41, 5.74) is 0.233. The highest BCUT2D eigenvalue weighted by molar-refractivity contribution is 5.81. The van der Waals surface area contributed by atoms with E-state index in [0.717, 1.165) is 23.8 Å². The number of benzene rings is 2. The van der Waals surface area contributed by atoms with Crippen LogP contribution >= 0.6 is 0 Å². The number of halogens is 2. The van der Waals surface area contributed by atoms with E-state index in [1.807, 2.05) is 13.0 Å². The van der Waals surface area contributed by atoms with E-state index in [1.165, 1.54) is 4.57 Å². The zero-order valence-electron chi connectivity index (χ0n) is 17.3. The maximum Gasteiger partial charge on any atom is 0.407 e. The smallest absolute Gasteiger partial charge is 0.407 e. The van der Waals surface area contributed by atoms with Crippen LogP contribution in [0.2, 0.25) is 0 Å². The van der Waals surface area contributed by atoms with Gasteiger partial charge in [0.2, 0.25) is 0 Å². The van der Waals surface area contributed by atoms with E-state index in [2.05, 4.69) is 10.3 Å². The number of amides is 1. The van der Waals surface area contributed by atoms with Gasteiger partial charge in [-0.25, -0.2) is 18.6 Å². The van der Waals surface area contributed by atoms with Crippen LogP contribution in [0.4, 0.5) is 13.6 Å². The molecular formula is C22H23F2N3O3. The number of nitrogens with one attached hydrogen (secondary N) is 1. The van der Waals surface area contributed by atoms with Crippen molar-refractivity contribution in [3.05, 3.63) is 69.8 Å². The first-order chi connectivity index (χ1) is 14.0. The summed E-state index contributed by atoms with van der Waals surface area (Å²) in [4.78, 5) is 29.6. The summed E-state index contributed by atoms with van der Waals surface area (Å²) in [5.74, 6) is -1.35. The molecule has 2 aromatic carbocycles. The van der Waals surface area contributed by atoms with E-state index < -0.39 is 28.9 Å². The molecule has 0 aliphatic heterocycles. The van der Waals surface area contributed by atoms with Gasteiger partial charge in [0.25, 0.3) is 5.56 Å². The number of para-hydroxylation sites is 1. The Balaban J connectivity index is 2.04. The highest BCUT2D eigenvalue weighted by Gasteiger charge is 2.18. The van der Waals surface area contributed by atoms with Gasteiger partial charge in [0, 0.05) is 19.0 Å². The number of carbonyl (C=O) groups excluding carboxylic acids is 1. The number of rotatable bonds is 4. The standard InChI is InChI=1S/C22H23F2N3O3/c1-13-6-5-7-17-19(13)26-18(8-9-25-21(29)30-22(2,3)4)27(20(17)28)16-11-14(23)10-15(24)12-16/h5-7,10-12H,8-9H2,1-4H3,(H,25,29). The minimum absolute atomic E-state index is 0.0284. The molecule has 0 fully saturated rings. The van der Waals surface area contributed by atoms with Crippen molar-refractivity contribution < 1.29 is 18.3 Å². The Morgan fingerprint density at radius 2 is 1.83 bits per heavy atom. The molecule has 0 spiro atoms. The summed E-state index contributed by atoms with van der Waals surface area (Å²) >= 11 is 0. The van der Waals surface area contributed by atoms with Crippen LogP contribution in [0.3, 0.4) is 0 Å². The fraction of sp³-hybridized carbons (Fsp3) is 0.318. The molecule has 0 radical (unpaired) electrons. The van der Waals surface area contributed by atoms with E-state index >= 15 is 0 Å². The van der Waals surface area contributed by atoms with Gasteiger partial charge in [0.1, 0.15) is 23.1 Å². The first kappa shape index (κ1) is 21.4. The Kier molecular flexibility index (Phi) is 5.87. The van der Waals surface area contributed by atoms with Crippen LogP contribution in [0.15, 0.2) is 41.2 Å². The molecule has 0 atom stereocenters. The lowest BCUT2D eigenvalue weighted by atomic mass is 10.1.